The van der Waals surface area contributed by atoms with E-state index in [1.54, 1.807) is 0 Å². The van der Waals surface area contributed by atoms with E-state index in [4.69, 9.17) is 14.4 Å². The van der Waals surface area contributed by atoms with Gasteiger partial charge in [-0.15, -0.1) is 0 Å². The summed E-state index contributed by atoms with van der Waals surface area (Å²) in [5, 5.41) is 1.02. The summed E-state index contributed by atoms with van der Waals surface area (Å²) < 4.78 is 6.40. The van der Waals surface area contributed by atoms with Crippen molar-refractivity contribution >= 4 is 22.1 Å². The standard InChI is InChI=1S/C40H26N2O/c1-4-12-29(13-5-1)35-24-32(25-36(41-35)30-14-6-2-7-15-30)27-20-22-28(23-21-27)34-26-37(31-16-8-3-9-17-31)42-39-33-18-10-11-19-38(33)43-40(34)39/h1-26H. The maximum Gasteiger partial charge on any atom is 0.161 e. The van der Waals surface area contributed by atoms with E-state index in [1.807, 2.05) is 48.5 Å². The molecular formula is C40H26N2O. The summed E-state index contributed by atoms with van der Waals surface area (Å²) in [6.45, 7) is 0. The zero-order chi connectivity index (χ0) is 28.6. The maximum atomic E-state index is 6.40. The van der Waals surface area contributed by atoms with E-state index in [-0.39, 0.29) is 0 Å². The summed E-state index contributed by atoms with van der Waals surface area (Å²) in [6, 6.07) is 54.4. The number of para-hydroxylation sites is 1. The first-order chi connectivity index (χ1) is 21.3. The molecule has 0 atom stereocenters. The third-order valence-corrected chi connectivity index (χ3v) is 7.89. The van der Waals surface area contributed by atoms with Gasteiger partial charge >= 0.3 is 0 Å². The van der Waals surface area contributed by atoms with E-state index < -0.39 is 0 Å². The zero-order valence-electron chi connectivity index (χ0n) is 23.3. The summed E-state index contributed by atoms with van der Waals surface area (Å²) >= 11 is 0. The van der Waals surface area contributed by atoms with Crippen molar-refractivity contribution in [3.63, 3.8) is 0 Å². The van der Waals surface area contributed by atoms with E-state index in [9.17, 15) is 0 Å². The number of hydrogen-bond donors (Lipinski definition) is 0. The Morgan fingerprint density at radius 2 is 0.860 bits per heavy atom. The minimum Gasteiger partial charge on any atom is -0.454 e. The predicted molar refractivity (Wildman–Crippen MR) is 176 cm³/mol. The summed E-state index contributed by atoms with van der Waals surface area (Å²) in [4.78, 5) is 10.1. The summed E-state index contributed by atoms with van der Waals surface area (Å²) in [5.74, 6) is 0. The van der Waals surface area contributed by atoms with Crippen LogP contribution in [-0.4, -0.2) is 9.97 Å². The second-order valence-electron chi connectivity index (χ2n) is 10.6. The second-order valence-corrected chi connectivity index (χ2v) is 10.6. The van der Waals surface area contributed by atoms with Gasteiger partial charge in [-0.1, -0.05) is 127 Å². The Labute approximate surface area is 249 Å². The van der Waals surface area contributed by atoms with Crippen molar-refractivity contribution in [2.75, 3.05) is 0 Å². The van der Waals surface area contributed by atoms with E-state index in [1.165, 1.54) is 0 Å². The SMILES string of the molecule is c1ccc(-c2cc(-c3ccc(-c4cc(-c5ccccc5)nc5c4oc4ccccc45)cc3)cc(-c3ccccc3)n2)cc1. The van der Waals surface area contributed by atoms with Crippen molar-refractivity contribution in [1.29, 1.82) is 0 Å². The van der Waals surface area contributed by atoms with E-state index in [2.05, 4.69) is 109 Å². The molecule has 8 aromatic rings. The number of rotatable bonds is 5. The van der Waals surface area contributed by atoms with Crippen LogP contribution in [0.25, 0.3) is 78.1 Å². The van der Waals surface area contributed by atoms with Crippen LogP contribution in [0, 0.1) is 0 Å². The van der Waals surface area contributed by atoms with Crippen molar-refractivity contribution in [2.45, 2.75) is 0 Å². The quantitative estimate of drug-likeness (QED) is 0.214. The number of nitrogens with zero attached hydrogens (tertiary/aromatic N) is 2. The van der Waals surface area contributed by atoms with Gasteiger partial charge in [0.2, 0.25) is 0 Å². The highest BCUT2D eigenvalue weighted by molar-refractivity contribution is 6.08. The van der Waals surface area contributed by atoms with E-state index >= 15 is 0 Å². The van der Waals surface area contributed by atoms with Crippen molar-refractivity contribution in [3.05, 3.63) is 158 Å². The molecule has 0 fully saturated rings. The first-order valence-electron chi connectivity index (χ1n) is 14.4. The largest absolute Gasteiger partial charge is 0.454 e. The predicted octanol–water partition coefficient (Wildman–Crippen LogP) is 10.7. The molecule has 0 saturated carbocycles. The lowest BCUT2D eigenvalue weighted by Gasteiger charge is -2.11. The van der Waals surface area contributed by atoms with Crippen LogP contribution in [0.1, 0.15) is 0 Å². The molecule has 3 nitrogen and oxygen atoms in total. The lowest BCUT2D eigenvalue weighted by atomic mass is 9.96. The molecule has 0 unspecified atom stereocenters. The van der Waals surface area contributed by atoms with Crippen molar-refractivity contribution in [2.24, 2.45) is 0 Å². The monoisotopic (exact) mass is 550 g/mol. The summed E-state index contributed by atoms with van der Waals surface area (Å²) in [6.07, 6.45) is 0. The lowest BCUT2D eigenvalue weighted by molar-refractivity contribution is 0.669. The zero-order valence-corrected chi connectivity index (χ0v) is 23.3. The highest BCUT2D eigenvalue weighted by Crippen LogP contribution is 2.38. The molecule has 5 aromatic carbocycles. The van der Waals surface area contributed by atoms with E-state index in [0.29, 0.717) is 0 Å². The van der Waals surface area contributed by atoms with Gasteiger partial charge in [0.15, 0.2) is 5.58 Å². The Kier molecular flexibility index (Phi) is 6.12. The average molecular weight is 551 g/mol. The van der Waals surface area contributed by atoms with Gasteiger partial charge in [-0.2, -0.15) is 0 Å². The highest BCUT2D eigenvalue weighted by Gasteiger charge is 2.17. The van der Waals surface area contributed by atoms with Gasteiger partial charge in [0.05, 0.1) is 17.1 Å². The van der Waals surface area contributed by atoms with E-state index in [0.717, 1.165) is 78.1 Å². The average Bonchev–Trinajstić information content (AvgIpc) is 3.48. The number of pyridine rings is 2. The third-order valence-electron chi connectivity index (χ3n) is 7.89. The molecule has 0 N–H and O–H groups in total. The molecule has 0 saturated heterocycles. The van der Waals surface area contributed by atoms with Gasteiger partial charge in [-0.3, -0.25) is 0 Å². The molecular weight excluding hydrogens is 524 g/mol. The van der Waals surface area contributed by atoms with Gasteiger partial charge in [-0.05, 0) is 47.0 Å². The number of aromatic nitrogens is 2. The van der Waals surface area contributed by atoms with Crippen molar-refractivity contribution in [3.8, 4) is 56.0 Å². The second kappa shape index (κ2) is 10.6. The van der Waals surface area contributed by atoms with Crippen LogP contribution < -0.4 is 0 Å². The third kappa shape index (κ3) is 4.67. The number of hydrogen-bond acceptors (Lipinski definition) is 3. The van der Waals surface area contributed by atoms with Gasteiger partial charge in [-0.25, -0.2) is 9.97 Å². The molecule has 8 rings (SSSR count). The Bertz CT molecular complexity index is 2140. The molecule has 202 valence electrons. The molecule has 3 heterocycles. The molecule has 0 radical (unpaired) electrons. The van der Waals surface area contributed by atoms with Crippen molar-refractivity contribution < 1.29 is 4.42 Å². The molecule has 0 aliphatic heterocycles. The first kappa shape index (κ1) is 25.0. The van der Waals surface area contributed by atoms with Gasteiger partial charge in [0.1, 0.15) is 11.1 Å². The molecule has 3 aromatic heterocycles. The first-order valence-corrected chi connectivity index (χ1v) is 14.4. The molecule has 0 aliphatic rings. The topological polar surface area (TPSA) is 38.9 Å². The van der Waals surface area contributed by atoms with Crippen LogP contribution in [0.4, 0.5) is 0 Å². The number of benzene rings is 5. The van der Waals surface area contributed by atoms with Crippen LogP contribution in [0.3, 0.4) is 0 Å². The Hall–Kier alpha value is -5.80. The van der Waals surface area contributed by atoms with Crippen LogP contribution in [-0.2, 0) is 0 Å². The Balaban J connectivity index is 1.27. The fourth-order valence-electron chi connectivity index (χ4n) is 5.70. The Morgan fingerprint density at radius 1 is 0.372 bits per heavy atom. The molecule has 0 bridgehead atoms. The fourth-order valence-corrected chi connectivity index (χ4v) is 5.70. The summed E-state index contributed by atoms with van der Waals surface area (Å²) in [7, 11) is 0. The fraction of sp³-hybridized carbons (Fsp3) is 0. The van der Waals surface area contributed by atoms with Crippen LogP contribution in [0.2, 0.25) is 0 Å². The molecule has 0 aliphatic carbocycles. The molecule has 0 spiro atoms. The summed E-state index contributed by atoms with van der Waals surface area (Å²) in [5.41, 5.74) is 13.0. The molecule has 43 heavy (non-hydrogen) atoms. The van der Waals surface area contributed by atoms with Crippen LogP contribution >= 0.6 is 0 Å². The maximum absolute atomic E-state index is 6.40. The van der Waals surface area contributed by atoms with Gasteiger partial charge < -0.3 is 4.42 Å². The van der Waals surface area contributed by atoms with Gasteiger partial charge in [0, 0.05) is 27.6 Å². The smallest absolute Gasteiger partial charge is 0.161 e. The molecule has 3 heteroatoms. The Morgan fingerprint density at radius 3 is 1.44 bits per heavy atom. The van der Waals surface area contributed by atoms with Gasteiger partial charge in [0.25, 0.3) is 0 Å². The lowest BCUT2D eigenvalue weighted by Crippen LogP contribution is -1.91. The van der Waals surface area contributed by atoms with Crippen LogP contribution in [0.15, 0.2) is 162 Å². The van der Waals surface area contributed by atoms with Crippen LogP contribution in [0.5, 0.6) is 0 Å². The molecule has 0 amide bonds. The number of fused-ring (bicyclic) bond motifs is 3. The number of furan rings is 1. The minimum atomic E-state index is 0.801. The minimum absolute atomic E-state index is 0.801. The normalized spacial score (nSPS) is 11.3. The van der Waals surface area contributed by atoms with Crippen molar-refractivity contribution in [1.82, 2.24) is 9.97 Å². The highest BCUT2D eigenvalue weighted by atomic mass is 16.3.